The van der Waals surface area contributed by atoms with Crippen LogP contribution in [0.2, 0.25) is 5.54 Å². The van der Waals surface area contributed by atoms with Gasteiger partial charge >= 0.3 is 0 Å². The summed E-state index contributed by atoms with van der Waals surface area (Å²) in [6.45, 7) is 4.62. The van der Waals surface area contributed by atoms with Gasteiger partial charge in [0.2, 0.25) is 0 Å². The molecule has 0 N–H and O–H groups in total. The molecule has 0 aromatic carbocycles. The number of rotatable bonds is 15. The smallest absolute Gasteiger partial charge is 0.00672 e. The standard InChI is InChI=1S/C18H40Si/c1-3-5-6-7-8-9-10-11-12-13-14-15-17-18(19)16-4-2/h18H,3-17H2,1-2,19H3. The molecule has 0 saturated carbocycles. The molecular formula is C18H40Si. The van der Waals surface area contributed by atoms with E-state index in [9.17, 15) is 0 Å². The number of hydrogen-bond donors (Lipinski definition) is 0. The normalized spacial score (nSPS) is 12.9. The van der Waals surface area contributed by atoms with Crippen molar-refractivity contribution in [1.29, 1.82) is 0 Å². The Morgan fingerprint density at radius 1 is 0.526 bits per heavy atom. The summed E-state index contributed by atoms with van der Waals surface area (Å²) in [4.78, 5) is 0. The molecule has 0 aliphatic rings. The maximum atomic E-state index is 2.33. The van der Waals surface area contributed by atoms with Crippen LogP contribution in [0, 0.1) is 0 Å². The van der Waals surface area contributed by atoms with Crippen molar-refractivity contribution in [1.82, 2.24) is 0 Å². The van der Waals surface area contributed by atoms with Crippen molar-refractivity contribution < 1.29 is 0 Å². The highest BCUT2D eigenvalue weighted by Crippen LogP contribution is 2.18. The Hall–Kier alpha value is 0.217. The number of hydrogen-bond acceptors (Lipinski definition) is 0. The van der Waals surface area contributed by atoms with Crippen molar-refractivity contribution in [3.8, 4) is 0 Å². The molecule has 1 heteroatoms. The summed E-state index contributed by atoms with van der Waals surface area (Å²) in [6.07, 6.45) is 22.1. The minimum atomic E-state index is 1.10. The van der Waals surface area contributed by atoms with Gasteiger partial charge < -0.3 is 0 Å². The Balaban J connectivity index is 2.99. The van der Waals surface area contributed by atoms with E-state index >= 15 is 0 Å². The van der Waals surface area contributed by atoms with E-state index in [4.69, 9.17) is 0 Å². The van der Waals surface area contributed by atoms with E-state index in [1.165, 1.54) is 107 Å². The largest absolute Gasteiger partial charge is 0.0654 e. The molecule has 0 aliphatic heterocycles. The Kier molecular flexibility index (Phi) is 16.5. The third-order valence-electron chi connectivity index (χ3n) is 4.33. The molecule has 1 atom stereocenters. The second-order valence-corrected chi connectivity index (χ2v) is 8.20. The van der Waals surface area contributed by atoms with E-state index < -0.39 is 0 Å². The van der Waals surface area contributed by atoms with Crippen LogP contribution < -0.4 is 0 Å². The van der Waals surface area contributed by atoms with Crippen LogP contribution in [0.15, 0.2) is 0 Å². The highest BCUT2D eigenvalue weighted by Gasteiger charge is 2.00. The Labute approximate surface area is 126 Å². The van der Waals surface area contributed by atoms with Crippen LogP contribution in [0.1, 0.15) is 110 Å². The monoisotopic (exact) mass is 284 g/mol. The molecular weight excluding hydrogens is 244 g/mol. The van der Waals surface area contributed by atoms with Crippen LogP contribution in [-0.2, 0) is 0 Å². The zero-order valence-electron chi connectivity index (χ0n) is 14.2. The van der Waals surface area contributed by atoms with Crippen LogP contribution in [0.4, 0.5) is 0 Å². The van der Waals surface area contributed by atoms with E-state index in [1.807, 2.05) is 0 Å². The molecule has 0 rings (SSSR count). The molecule has 0 heterocycles. The average Bonchev–Trinajstić information content (AvgIpc) is 2.40. The van der Waals surface area contributed by atoms with Gasteiger partial charge in [0.25, 0.3) is 0 Å². The summed E-state index contributed by atoms with van der Waals surface area (Å²) in [5, 5.41) is 0. The third kappa shape index (κ3) is 16.2. The van der Waals surface area contributed by atoms with Gasteiger partial charge in [-0.05, 0) is 0 Å². The van der Waals surface area contributed by atoms with Crippen LogP contribution >= 0.6 is 0 Å². The Bertz CT molecular complexity index is 156. The first-order chi connectivity index (χ1) is 9.31. The van der Waals surface area contributed by atoms with Gasteiger partial charge in [-0.2, -0.15) is 0 Å². The Morgan fingerprint density at radius 3 is 1.37 bits per heavy atom. The van der Waals surface area contributed by atoms with Crippen molar-refractivity contribution in [3.05, 3.63) is 0 Å². The van der Waals surface area contributed by atoms with E-state index in [1.54, 1.807) is 0 Å². The fourth-order valence-electron chi connectivity index (χ4n) is 2.97. The van der Waals surface area contributed by atoms with E-state index in [-0.39, 0.29) is 0 Å². The molecule has 19 heavy (non-hydrogen) atoms. The minimum Gasteiger partial charge on any atom is -0.0654 e. The van der Waals surface area contributed by atoms with Gasteiger partial charge in [0.1, 0.15) is 0 Å². The average molecular weight is 285 g/mol. The fraction of sp³-hybridized carbons (Fsp3) is 1.00. The summed E-state index contributed by atoms with van der Waals surface area (Å²) >= 11 is 0. The molecule has 0 aliphatic carbocycles. The molecule has 0 amide bonds. The number of unbranched alkanes of at least 4 members (excludes halogenated alkanes) is 11. The van der Waals surface area contributed by atoms with Crippen molar-refractivity contribution in [2.75, 3.05) is 0 Å². The molecule has 0 aromatic heterocycles. The van der Waals surface area contributed by atoms with Crippen molar-refractivity contribution >= 4 is 10.2 Å². The zero-order chi connectivity index (χ0) is 14.2. The minimum absolute atomic E-state index is 1.10. The van der Waals surface area contributed by atoms with Gasteiger partial charge in [-0.25, -0.2) is 0 Å². The van der Waals surface area contributed by atoms with Crippen LogP contribution in [0.5, 0.6) is 0 Å². The molecule has 116 valence electrons. The summed E-state index contributed by atoms with van der Waals surface area (Å²) in [6, 6.07) is 0. The van der Waals surface area contributed by atoms with Crippen molar-refractivity contribution in [3.63, 3.8) is 0 Å². The quantitative estimate of drug-likeness (QED) is 0.254. The first kappa shape index (κ1) is 19.2. The first-order valence-electron chi connectivity index (χ1n) is 9.31. The lowest BCUT2D eigenvalue weighted by Crippen LogP contribution is -1.92. The molecule has 0 fully saturated rings. The lowest BCUT2D eigenvalue weighted by molar-refractivity contribution is 0.531. The van der Waals surface area contributed by atoms with E-state index in [2.05, 4.69) is 13.8 Å². The molecule has 0 spiro atoms. The van der Waals surface area contributed by atoms with Gasteiger partial charge in [0, 0.05) is 10.2 Å². The van der Waals surface area contributed by atoms with Gasteiger partial charge in [0.15, 0.2) is 0 Å². The summed E-state index contributed by atoms with van der Waals surface area (Å²) in [7, 11) is 1.42. The maximum absolute atomic E-state index is 2.33. The topological polar surface area (TPSA) is 0 Å². The maximum Gasteiger partial charge on any atom is 0.00672 e. The predicted octanol–water partition coefficient (Wildman–Crippen LogP) is 6.03. The van der Waals surface area contributed by atoms with Crippen molar-refractivity contribution in [2.24, 2.45) is 0 Å². The van der Waals surface area contributed by atoms with Crippen molar-refractivity contribution in [2.45, 2.75) is 116 Å². The molecule has 0 radical (unpaired) electrons. The highest BCUT2D eigenvalue weighted by atomic mass is 28.1. The zero-order valence-corrected chi connectivity index (χ0v) is 16.2. The van der Waals surface area contributed by atoms with E-state index in [0.29, 0.717) is 0 Å². The predicted molar refractivity (Wildman–Crippen MR) is 94.3 cm³/mol. The summed E-state index contributed by atoms with van der Waals surface area (Å²) < 4.78 is 0. The SMILES string of the molecule is CCCCCCCCCCCCCCC([SiH3])CCC. The lowest BCUT2D eigenvalue weighted by atomic mass is 10.0. The third-order valence-corrected chi connectivity index (χ3v) is 5.49. The van der Waals surface area contributed by atoms with Crippen LogP contribution in [0.3, 0.4) is 0 Å². The van der Waals surface area contributed by atoms with Gasteiger partial charge in [-0.3, -0.25) is 0 Å². The lowest BCUT2D eigenvalue weighted by Gasteiger charge is -2.09. The highest BCUT2D eigenvalue weighted by molar-refractivity contribution is 6.11. The summed E-state index contributed by atoms with van der Waals surface area (Å²) in [5.74, 6) is 0. The molecule has 0 aromatic rings. The fourth-order valence-corrected chi connectivity index (χ4v) is 3.96. The van der Waals surface area contributed by atoms with Crippen LogP contribution in [-0.4, -0.2) is 10.2 Å². The van der Waals surface area contributed by atoms with Gasteiger partial charge in [-0.1, -0.05) is 116 Å². The first-order valence-corrected chi connectivity index (χ1v) is 10.5. The molecule has 1 unspecified atom stereocenters. The molecule has 0 saturated heterocycles. The molecule has 0 nitrogen and oxygen atoms in total. The van der Waals surface area contributed by atoms with E-state index in [0.717, 1.165) is 5.54 Å². The van der Waals surface area contributed by atoms with Gasteiger partial charge in [-0.15, -0.1) is 0 Å². The second-order valence-electron chi connectivity index (χ2n) is 6.57. The second kappa shape index (κ2) is 16.3. The van der Waals surface area contributed by atoms with Crippen LogP contribution in [0.25, 0.3) is 0 Å². The molecule has 0 bridgehead atoms. The summed E-state index contributed by atoms with van der Waals surface area (Å²) in [5.41, 5.74) is 1.10. The van der Waals surface area contributed by atoms with Gasteiger partial charge in [0.05, 0.1) is 0 Å². The Morgan fingerprint density at radius 2 is 0.947 bits per heavy atom.